The van der Waals surface area contributed by atoms with Crippen molar-refractivity contribution in [3.05, 3.63) is 41.4 Å². The highest BCUT2D eigenvalue weighted by Crippen LogP contribution is 2.31. The van der Waals surface area contributed by atoms with Crippen molar-refractivity contribution in [1.82, 2.24) is 0 Å². The maximum Gasteiger partial charge on any atom is 0.403 e. The average molecular weight is 234 g/mol. The first-order chi connectivity index (χ1) is 7.54. The van der Waals surface area contributed by atoms with E-state index in [4.69, 9.17) is 5.39 Å². The summed E-state index contributed by atoms with van der Waals surface area (Å²) in [5.74, 6) is 0. The van der Waals surface area contributed by atoms with Crippen molar-refractivity contribution in [3.63, 3.8) is 0 Å². The van der Waals surface area contributed by atoms with Gasteiger partial charge in [0.2, 0.25) is 5.39 Å². The van der Waals surface area contributed by atoms with E-state index >= 15 is 0 Å². The monoisotopic (exact) mass is 234 g/mol. The molecule has 0 spiro atoms. The van der Waals surface area contributed by atoms with Gasteiger partial charge in [0.25, 0.3) is 0 Å². The Bertz CT molecular complexity index is 702. The zero-order valence-electron chi connectivity index (χ0n) is 7.99. The van der Waals surface area contributed by atoms with Crippen LogP contribution >= 0.6 is 0 Å². The van der Waals surface area contributed by atoms with E-state index in [-0.39, 0.29) is 11.1 Å². The molecule has 0 aliphatic rings. The van der Waals surface area contributed by atoms with Crippen LogP contribution < -0.4 is 0 Å². The van der Waals surface area contributed by atoms with Crippen molar-refractivity contribution in [1.29, 1.82) is 5.39 Å². The Labute approximate surface area is 91.7 Å². The number of hydrogen-bond donors (Lipinski definition) is 0. The molecule has 0 saturated carbocycles. The minimum atomic E-state index is -4.68. The summed E-state index contributed by atoms with van der Waals surface area (Å²) in [5, 5.41) is 9.52. The van der Waals surface area contributed by atoms with Crippen LogP contribution in [0.4, 0.5) is 5.69 Å². The highest BCUT2D eigenvalue weighted by Gasteiger charge is 2.21. The zero-order valence-corrected chi connectivity index (χ0v) is 8.81. The van der Waals surface area contributed by atoms with E-state index in [2.05, 4.69) is 4.98 Å². The van der Waals surface area contributed by atoms with Crippen LogP contribution in [0.25, 0.3) is 15.7 Å². The van der Waals surface area contributed by atoms with Crippen molar-refractivity contribution in [2.45, 2.75) is 4.90 Å². The third kappa shape index (κ3) is 1.62. The molecule has 0 atom stereocenters. The third-order valence-electron chi connectivity index (χ3n) is 2.22. The second kappa shape index (κ2) is 3.56. The number of diazo groups is 1. The van der Waals surface area contributed by atoms with E-state index in [0.717, 1.165) is 0 Å². The molecular weight excluding hydrogens is 228 g/mol. The highest BCUT2D eigenvalue weighted by molar-refractivity contribution is 7.86. The van der Waals surface area contributed by atoms with Crippen molar-refractivity contribution >= 4 is 26.6 Å². The molecule has 0 amide bonds. The number of nitrogens with zero attached hydrogens (tertiary/aromatic N) is 2. The molecule has 0 radical (unpaired) electrons. The number of hydrogen-bond acceptors (Lipinski definition) is 4. The topological polar surface area (TPSA) is 85.3 Å². The maximum atomic E-state index is 11.1. The van der Waals surface area contributed by atoms with E-state index in [9.17, 15) is 13.0 Å². The van der Waals surface area contributed by atoms with Gasteiger partial charge in [-0.1, -0.05) is 24.3 Å². The lowest BCUT2D eigenvalue weighted by Crippen LogP contribution is -1.99. The molecule has 6 heteroatoms. The average Bonchev–Trinajstić information content (AvgIpc) is 2.26. The molecule has 0 fully saturated rings. The molecule has 80 valence electrons. The maximum absolute atomic E-state index is 11.1. The Morgan fingerprint density at radius 3 is 2.44 bits per heavy atom. The summed E-state index contributed by atoms with van der Waals surface area (Å²) in [4.78, 5) is 2.32. The molecule has 0 aromatic heterocycles. The number of benzene rings is 2. The Hall–Kier alpha value is -1.97. The normalized spacial score (nSPS) is 11.2. The Balaban J connectivity index is 3.03. The molecule has 5 nitrogen and oxygen atoms in total. The molecule has 0 N–H and O–H groups in total. The van der Waals surface area contributed by atoms with E-state index in [1.807, 2.05) is 0 Å². The summed E-state index contributed by atoms with van der Waals surface area (Å²) >= 11 is 0. The van der Waals surface area contributed by atoms with Gasteiger partial charge in [0.05, 0.1) is 0 Å². The first kappa shape index (κ1) is 10.5. The van der Waals surface area contributed by atoms with Crippen LogP contribution in [0.5, 0.6) is 0 Å². The lowest BCUT2D eigenvalue weighted by molar-refractivity contribution is 0.464. The van der Waals surface area contributed by atoms with E-state index in [1.165, 1.54) is 12.1 Å². The molecule has 0 heterocycles. The van der Waals surface area contributed by atoms with Crippen molar-refractivity contribution in [2.24, 2.45) is 0 Å². The lowest BCUT2D eigenvalue weighted by Gasteiger charge is -2.07. The second-order valence-corrected chi connectivity index (χ2v) is 4.51. The number of rotatable bonds is 1. The summed E-state index contributed by atoms with van der Waals surface area (Å²) in [5.41, 5.74) is -0.242. The molecule has 0 saturated heterocycles. The van der Waals surface area contributed by atoms with Crippen LogP contribution in [0.15, 0.2) is 41.3 Å². The summed E-state index contributed by atoms with van der Waals surface area (Å²) < 4.78 is 33.3. The first-order valence-electron chi connectivity index (χ1n) is 4.37. The fourth-order valence-electron chi connectivity index (χ4n) is 1.57. The second-order valence-electron chi connectivity index (χ2n) is 3.19. The van der Waals surface area contributed by atoms with Gasteiger partial charge in [-0.05, 0) is 11.5 Å². The van der Waals surface area contributed by atoms with Crippen molar-refractivity contribution in [2.75, 3.05) is 0 Å². The fraction of sp³-hybridized carbons (Fsp3) is 0. The van der Waals surface area contributed by atoms with Crippen LogP contribution in [-0.2, 0) is 10.1 Å². The van der Waals surface area contributed by atoms with Crippen LogP contribution in [0, 0.1) is 5.39 Å². The third-order valence-corrected chi connectivity index (χ3v) is 3.15. The molecule has 0 aliphatic heterocycles. The molecule has 0 unspecified atom stereocenters. The Morgan fingerprint density at radius 1 is 1.12 bits per heavy atom. The Morgan fingerprint density at radius 2 is 1.81 bits per heavy atom. The van der Waals surface area contributed by atoms with E-state index in [0.29, 0.717) is 5.39 Å². The van der Waals surface area contributed by atoms with Gasteiger partial charge in [-0.25, -0.2) is 8.42 Å². The minimum absolute atomic E-state index is 0.242. The van der Waals surface area contributed by atoms with Gasteiger partial charge in [-0.3, -0.25) is 0 Å². The molecule has 0 bridgehead atoms. The molecule has 0 aliphatic carbocycles. The standard InChI is InChI=1S/C10H6N2O3S/c11-12-9-6-5-7-3-1-2-4-8(7)10(9)16(13,14)15/h1-6H. The van der Waals surface area contributed by atoms with E-state index in [1.54, 1.807) is 24.3 Å². The quantitative estimate of drug-likeness (QED) is 0.559. The van der Waals surface area contributed by atoms with Crippen LogP contribution in [0.1, 0.15) is 0 Å². The van der Waals surface area contributed by atoms with Gasteiger partial charge >= 0.3 is 5.69 Å². The predicted octanol–water partition coefficient (Wildman–Crippen LogP) is 2.23. The largest absolute Gasteiger partial charge is 0.744 e. The van der Waals surface area contributed by atoms with Crippen LogP contribution in [0.2, 0.25) is 0 Å². The van der Waals surface area contributed by atoms with Gasteiger partial charge in [0, 0.05) is 11.5 Å². The highest BCUT2D eigenvalue weighted by atomic mass is 32.2. The molecule has 2 aromatic carbocycles. The minimum Gasteiger partial charge on any atom is -0.744 e. The molecular formula is C10H6N2O3S. The molecule has 2 rings (SSSR count). The van der Waals surface area contributed by atoms with Crippen molar-refractivity contribution < 1.29 is 13.0 Å². The van der Waals surface area contributed by atoms with Gasteiger partial charge in [0.1, 0.15) is 10.1 Å². The Kier molecular flexibility index (Phi) is 2.34. The smallest absolute Gasteiger partial charge is 0.403 e. The van der Waals surface area contributed by atoms with Crippen molar-refractivity contribution in [3.8, 4) is 0 Å². The summed E-state index contributed by atoms with van der Waals surface area (Å²) in [6.07, 6.45) is 0. The lowest BCUT2D eigenvalue weighted by atomic mass is 10.1. The van der Waals surface area contributed by atoms with Gasteiger partial charge in [0.15, 0.2) is 9.87 Å². The number of fused-ring (bicyclic) bond motifs is 1. The predicted molar refractivity (Wildman–Crippen MR) is 56.7 cm³/mol. The first-order valence-corrected chi connectivity index (χ1v) is 5.77. The van der Waals surface area contributed by atoms with Crippen LogP contribution in [0.3, 0.4) is 0 Å². The molecule has 2 aromatic rings. The fourth-order valence-corrected chi connectivity index (χ4v) is 2.39. The van der Waals surface area contributed by atoms with Gasteiger partial charge < -0.3 is 4.55 Å². The van der Waals surface area contributed by atoms with Crippen LogP contribution in [-0.4, -0.2) is 13.0 Å². The zero-order chi connectivity index (χ0) is 11.8. The molecule has 16 heavy (non-hydrogen) atoms. The van der Waals surface area contributed by atoms with Gasteiger partial charge in [-0.15, -0.1) is 0 Å². The van der Waals surface area contributed by atoms with E-state index < -0.39 is 15.0 Å². The summed E-state index contributed by atoms with van der Waals surface area (Å²) in [6.45, 7) is 0. The SMILES string of the molecule is N#[N+]c1ccc2ccccc2c1S(=O)(=O)[O-]. The summed E-state index contributed by atoms with van der Waals surface area (Å²) in [7, 11) is -4.68. The van der Waals surface area contributed by atoms with Gasteiger partial charge in [-0.2, -0.15) is 0 Å². The summed E-state index contributed by atoms with van der Waals surface area (Å²) in [6, 6.07) is 9.36.